The van der Waals surface area contributed by atoms with Gasteiger partial charge in [0.2, 0.25) is 0 Å². The summed E-state index contributed by atoms with van der Waals surface area (Å²) in [5.41, 5.74) is 0.0607. The minimum absolute atomic E-state index is 0.215. The Hall–Kier alpha value is -1.07. The predicted octanol–water partition coefficient (Wildman–Crippen LogP) is -0.480. The fraction of sp³-hybridized carbons (Fsp3) is 0.143. The molecule has 0 unspecified atom stereocenters. The van der Waals surface area contributed by atoms with E-state index in [-0.39, 0.29) is 16.8 Å². The van der Waals surface area contributed by atoms with Gasteiger partial charge in [-0.05, 0) is 24.6 Å². The van der Waals surface area contributed by atoms with Gasteiger partial charge in [0.15, 0.2) is 0 Å². The van der Waals surface area contributed by atoms with Crippen LogP contribution in [0.1, 0.15) is 5.56 Å². The van der Waals surface area contributed by atoms with Crippen molar-refractivity contribution in [1.82, 2.24) is 0 Å². The van der Waals surface area contributed by atoms with Crippen molar-refractivity contribution in [3.05, 3.63) is 23.5 Å². The van der Waals surface area contributed by atoms with Crippen LogP contribution in [0.2, 0.25) is 0 Å². The van der Waals surface area contributed by atoms with Crippen molar-refractivity contribution in [3.8, 4) is 5.75 Å². The van der Waals surface area contributed by atoms with Crippen LogP contribution in [0.5, 0.6) is 5.75 Å². The molecule has 0 aliphatic rings. The normalized spacial score (nSPS) is 10.0. The van der Waals surface area contributed by atoms with Gasteiger partial charge in [-0.2, -0.15) is 0 Å². The highest BCUT2D eigenvalue weighted by atomic mass is 19.1. The van der Waals surface area contributed by atoms with Gasteiger partial charge in [-0.1, -0.05) is 0 Å². The van der Waals surface area contributed by atoms with Crippen LogP contribution in [0.25, 0.3) is 0 Å². The monoisotopic (exact) mass is 170 g/mol. The number of benzene rings is 1. The molecule has 12 heavy (non-hydrogen) atoms. The molecule has 0 spiro atoms. The second kappa shape index (κ2) is 3.12. The maximum Gasteiger partial charge on any atom is 0.492 e. The van der Waals surface area contributed by atoms with E-state index in [4.69, 9.17) is 10.0 Å². The summed E-state index contributed by atoms with van der Waals surface area (Å²) < 4.78 is 12.6. The lowest BCUT2D eigenvalue weighted by Gasteiger charge is -2.05. The molecule has 0 bridgehead atoms. The van der Waals surface area contributed by atoms with Crippen LogP contribution in [0, 0.1) is 12.7 Å². The van der Waals surface area contributed by atoms with Crippen LogP contribution in [-0.2, 0) is 0 Å². The molecule has 1 rings (SSSR count). The zero-order valence-electron chi connectivity index (χ0n) is 6.45. The third-order valence-corrected chi connectivity index (χ3v) is 1.57. The molecule has 0 fully saturated rings. The number of phenols is 1. The number of halogens is 1. The number of aryl methyl sites for hydroxylation is 1. The first-order valence-corrected chi connectivity index (χ1v) is 3.37. The quantitative estimate of drug-likeness (QED) is 0.498. The van der Waals surface area contributed by atoms with Crippen molar-refractivity contribution in [3.63, 3.8) is 0 Å². The largest absolute Gasteiger partial charge is 0.508 e. The van der Waals surface area contributed by atoms with Gasteiger partial charge in [0.25, 0.3) is 0 Å². The third kappa shape index (κ3) is 1.57. The van der Waals surface area contributed by atoms with E-state index in [2.05, 4.69) is 0 Å². The Morgan fingerprint density at radius 3 is 2.42 bits per heavy atom. The standard InChI is InChI=1S/C7H8BFO3/c1-4-2-5(9)3-6(7(4)10)8(11)12/h2-3,10-12H,1H3. The van der Waals surface area contributed by atoms with Crippen LogP contribution in [0.15, 0.2) is 12.1 Å². The number of phenolic OH excluding ortho intramolecular Hbond substituents is 1. The Morgan fingerprint density at radius 1 is 1.33 bits per heavy atom. The second-order valence-corrected chi connectivity index (χ2v) is 2.53. The molecule has 3 nitrogen and oxygen atoms in total. The molecule has 0 heterocycles. The van der Waals surface area contributed by atoms with E-state index in [1.807, 2.05) is 0 Å². The van der Waals surface area contributed by atoms with E-state index in [9.17, 15) is 9.50 Å². The van der Waals surface area contributed by atoms with Gasteiger partial charge >= 0.3 is 7.12 Å². The average Bonchev–Trinajstić information content (AvgIpc) is 1.96. The van der Waals surface area contributed by atoms with E-state index < -0.39 is 12.9 Å². The van der Waals surface area contributed by atoms with Crippen LogP contribution >= 0.6 is 0 Å². The fourth-order valence-corrected chi connectivity index (χ4v) is 0.958. The molecule has 1 aromatic rings. The molecule has 0 radical (unpaired) electrons. The van der Waals surface area contributed by atoms with Crippen molar-refractivity contribution in [2.24, 2.45) is 0 Å². The maximum absolute atomic E-state index is 12.6. The first-order valence-electron chi connectivity index (χ1n) is 3.37. The maximum atomic E-state index is 12.6. The highest BCUT2D eigenvalue weighted by molar-refractivity contribution is 6.59. The van der Waals surface area contributed by atoms with Gasteiger partial charge in [-0.3, -0.25) is 0 Å². The van der Waals surface area contributed by atoms with Crippen LogP contribution in [0.4, 0.5) is 4.39 Å². The highest BCUT2D eigenvalue weighted by Gasteiger charge is 2.18. The topological polar surface area (TPSA) is 60.7 Å². The summed E-state index contributed by atoms with van der Waals surface area (Å²) >= 11 is 0. The SMILES string of the molecule is Cc1cc(F)cc(B(O)O)c1O. The molecule has 1 aromatic carbocycles. The lowest BCUT2D eigenvalue weighted by atomic mass is 9.78. The third-order valence-electron chi connectivity index (χ3n) is 1.57. The summed E-state index contributed by atoms with van der Waals surface area (Å²) in [7, 11) is -1.85. The van der Waals surface area contributed by atoms with Crippen LogP contribution < -0.4 is 5.46 Å². The Labute approximate surface area is 69.2 Å². The zero-order chi connectivity index (χ0) is 9.30. The second-order valence-electron chi connectivity index (χ2n) is 2.53. The van der Waals surface area contributed by atoms with E-state index in [0.717, 1.165) is 12.1 Å². The minimum atomic E-state index is -1.85. The zero-order valence-corrected chi connectivity index (χ0v) is 6.45. The molecule has 3 N–H and O–H groups in total. The Morgan fingerprint density at radius 2 is 1.92 bits per heavy atom. The lowest BCUT2D eigenvalue weighted by Crippen LogP contribution is -2.30. The first kappa shape index (κ1) is 9.03. The van der Waals surface area contributed by atoms with Gasteiger partial charge in [-0.25, -0.2) is 4.39 Å². The highest BCUT2D eigenvalue weighted by Crippen LogP contribution is 2.14. The van der Waals surface area contributed by atoms with E-state index >= 15 is 0 Å². The first-order chi connectivity index (χ1) is 5.52. The number of rotatable bonds is 1. The summed E-state index contributed by atoms with van der Waals surface area (Å²) in [6.07, 6.45) is 0. The van der Waals surface area contributed by atoms with Crippen molar-refractivity contribution >= 4 is 12.6 Å². The number of hydrogen-bond acceptors (Lipinski definition) is 3. The molecule has 0 aromatic heterocycles. The molecular weight excluding hydrogens is 162 g/mol. The summed E-state index contributed by atoms with van der Waals surface area (Å²) in [5, 5.41) is 26.6. The molecule has 0 saturated carbocycles. The average molecular weight is 170 g/mol. The summed E-state index contributed by atoms with van der Waals surface area (Å²) in [4.78, 5) is 0. The predicted molar refractivity (Wildman–Crippen MR) is 42.6 cm³/mol. The smallest absolute Gasteiger partial charge is 0.492 e. The Bertz CT molecular complexity index is 301. The van der Waals surface area contributed by atoms with Crippen molar-refractivity contribution in [1.29, 1.82) is 0 Å². The van der Waals surface area contributed by atoms with E-state index in [1.165, 1.54) is 6.92 Å². The van der Waals surface area contributed by atoms with Crippen molar-refractivity contribution in [2.75, 3.05) is 0 Å². The van der Waals surface area contributed by atoms with Crippen molar-refractivity contribution in [2.45, 2.75) is 6.92 Å². The number of hydrogen-bond donors (Lipinski definition) is 3. The van der Waals surface area contributed by atoms with Crippen LogP contribution in [0.3, 0.4) is 0 Å². The van der Waals surface area contributed by atoms with Gasteiger partial charge in [0.1, 0.15) is 11.6 Å². The van der Waals surface area contributed by atoms with Gasteiger partial charge in [0, 0.05) is 5.46 Å². The number of aromatic hydroxyl groups is 1. The summed E-state index contributed by atoms with van der Waals surface area (Å²) in [6.45, 7) is 1.48. The fourth-order valence-electron chi connectivity index (χ4n) is 0.958. The molecule has 0 aliphatic carbocycles. The minimum Gasteiger partial charge on any atom is -0.508 e. The lowest BCUT2D eigenvalue weighted by molar-refractivity contribution is 0.418. The molecular formula is C7H8BFO3. The Kier molecular flexibility index (Phi) is 2.35. The van der Waals surface area contributed by atoms with E-state index in [1.54, 1.807) is 0 Å². The molecule has 0 amide bonds. The molecule has 5 heteroatoms. The van der Waals surface area contributed by atoms with Crippen LogP contribution in [-0.4, -0.2) is 22.3 Å². The summed E-state index contributed by atoms with van der Waals surface area (Å²) in [5.74, 6) is -0.889. The molecule has 0 aliphatic heterocycles. The van der Waals surface area contributed by atoms with Gasteiger partial charge in [0.05, 0.1) is 0 Å². The van der Waals surface area contributed by atoms with Crippen molar-refractivity contribution < 1.29 is 19.5 Å². The van der Waals surface area contributed by atoms with Gasteiger partial charge in [-0.15, -0.1) is 0 Å². The molecule has 0 atom stereocenters. The Balaban J connectivity index is 3.28. The summed E-state index contributed by atoms with van der Waals surface area (Å²) in [6, 6.07) is 1.99. The molecule has 0 saturated heterocycles. The molecule has 64 valence electrons. The van der Waals surface area contributed by atoms with Gasteiger partial charge < -0.3 is 15.2 Å². The van der Waals surface area contributed by atoms with E-state index in [0.29, 0.717) is 0 Å².